The number of hydrogen-bond acceptors (Lipinski definition) is 5. The van der Waals surface area contributed by atoms with Crippen LogP contribution in [0.4, 0.5) is 0 Å². The summed E-state index contributed by atoms with van der Waals surface area (Å²) < 4.78 is 7.92. The fourth-order valence-corrected chi connectivity index (χ4v) is 3.70. The van der Waals surface area contributed by atoms with Gasteiger partial charge in [-0.05, 0) is 44.9 Å². The van der Waals surface area contributed by atoms with Crippen LogP contribution in [0.5, 0.6) is 0 Å². The summed E-state index contributed by atoms with van der Waals surface area (Å²) in [6.07, 6.45) is 2.42. The number of hydrogen-bond donors (Lipinski definition) is 0. The van der Waals surface area contributed by atoms with E-state index in [1.165, 1.54) is 10.4 Å². The van der Waals surface area contributed by atoms with Gasteiger partial charge < -0.3 is 9.30 Å². The molecule has 146 valence electrons. The summed E-state index contributed by atoms with van der Waals surface area (Å²) in [5.74, 6) is 0.510. The molecule has 0 radical (unpaired) electrons. The monoisotopic (exact) mass is 379 g/mol. The van der Waals surface area contributed by atoms with Crippen molar-refractivity contribution in [2.75, 3.05) is 6.61 Å². The van der Waals surface area contributed by atoms with E-state index in [1.54, 1.807) is 0 Å². The third-order valence-corrected chi connectivity index (χ3v) is 5.33. The molecule has 3 aromatic rings. The molecule has 1 fully saturated rings. The second-order valence-electron chi connectivity index (χ2n) is 7.46. The molecule has 1 aromatic carbocycles. The maximum atomic E-state index is 12.9. The number of benzene rings is 1. The van der Waals surface area contributed by atoms with Crippen molar-refractivity contribution in [1.82, 2.24) is 24.8 Å². The van der Waals surface area contributed by atoms with E-state index in [0.29, 0.717) is 11.4 Å². The average Bonchev–Trinajstić information content (AvgIpc) is 3.40. The highest BCUT2D eigenvalue weighted by Gasteiger charge is 2.21. The lowest BCUT2D eigenvalue weighted by molar-refractivity contribution is 0.0943. The zero-order valence-electron chi connectivity index (χ0n) is 16.6. The maximum absolute atomic E-state index is 12.9. The summed E-state index contributed by atoms with van der Waals surface area (Å²) in [7, 11) is 0. The zero-order valence-corrected chi connectivity index (χ0v) is 16.6. The van der Waals surface area contributed by atoms with E-state index in [9.17, 15) is 4.79 Å². The highest BCUT2D eigenvalue weighted by atomic mass is 16.5. The molecule has 2 aromatic heterocycles. The van der Waals surface area contributed by atoms with Gasteiger partial charge in [0.15, 0.2) is 5.78 Å². The second kappa shape index (κ2) is 7.67. The lowest BCUT2D eigenvalue weighted by Gasteiger charge is -2.14. The highest BCUT2D eigenvalue weighted by Crippen LogP contribution is 2.21. The molecule has 1 aliphatic rings. The molecule has 28 heavy (non-hydrogen) atoms. The van der Waals surface area contributed by atoms with Crippen molar-refractivity contribution < 1.29 is 9.53 Å². The van der Waals surface area contributed by atoms with Gasteiger partial charge in [0.2, 0.25) is 5.82 Å². The average molecular weight is 379 g/mol. The molecular formula is C21H25N5O2. The van der Waals surface area contributed by atoms with Gasteiger partial charge in [0.25, 0.3) is 0 Å². The van der Waals surface area contributed by atoms with Gasteiger partial charge in [0.1, 0.15) is 6.54 Å². The highest BCUT2D eigenvalue weighted by molar-refractivity contribution is 5.97. The van der Waals surface area contributed by atoms with E-state index in [1.807, 2.05) is 51.1 Å². The van der Waals surface area contributed by atoms with Crippen LogP contribution >= 0.6 is 0 Å². The number of tetrazole rings is 1. The van der Waals surface area contributed by atoms with E-state index in [0.717, 1.165) is 42.9 Å². The number of Topliss-reactive ketones (excluding diaryl/α,β-unsaturated/α-hetero) is 1. The minimum absolute atomic E-state index is 0.0143. The predicted molar refractivity (Wildman–Crippen MR) is 105 cm³/mol. The first-order chi connectivity index (χ1) is 13.5. The van der Waals surface area contributed by atoms with Crippen molar-refractivity contribution in [2.45, 2.75) is 52.8 Å². The predicted octanol–water partition coefficient (Wildman–Crippen LogP) is 3.13. The molecule has 7 nitrogen and oxygen atoms in total. The summed E-state index contributed by atoms with van der Waals surface area (Å²) >= 11 is 0. The van der Waals surface area contributed by atoms with Crippen LogP contribution in [0.25, 0.3) is 11.4 Å². The summed E-state index contributed by atoms with van der Waals surface area (Å²) in [6.45, 7) is 7.75. The molecule has 0 aliphatic carbocycles. The number of aryl methyl sites for hydroxylation is 2. The van der Waals surface area contributed by atoms with Crippen molar-refractivity contribution in [2.24, 2.45) is 0 Å². The smallest absolute Gasteiger partial charge is 0.204 e. The van der Waals surface area contributed by atoms with Crippen molar-refractivity contribution in [3.05, 3.63) is 52.8 Å². The van der Waals surface area contributed by atoms with Crippen LogP contribution in [0.2, 0.25) is 0 Å². The Bertz CT molecular complexity index is 981. The molecule has 1 aliphatic heterocycles. The topological polar surface area (TPSA) is 74.8 Å². The van der Waals surface area contributed by atoms with Crippen LogP contribution < -0.4 is 0 Å². The van der Waals surface area contributed by atoms with E-state index in [4.69, 9.17) is 4.74 Å². The first-order valence-corrected chi connectivity index (χ1v) is 9.67. The third-order valence-electron chi connectivity index (χ3n) is 5.33. The van der Waals surface area contributed by atoms with E-state index in [-0.39, 0.29) is 18.4 Å². The minimum Gasteiger partial charge on any atom is -0.376 e. The Hall–Kier alpha value is -2.80. The Morgan fingerprint density at radius 1 is 1.21 bits per heavy atom. The van der Waals surface area contributed by atoms with Gasteiger partial charge in [-0.15, -0.1) is 10.2 Å². The van der Waals surface area contributed by atoms with Crippen LogP contribution in [0.3, 0.4) is 0 Å². The van der Waals surface area contributed by atoms with Crippen molar-refractivity contribution in [3.63, 3.8) is 0 Å². The maximum Gasteiger partial charge on any atom is 0.204 e. The third kappa shape index (κ3) is 3.75. The molecule has 1 saturated heterocycles. The Morgan fingerprint density at radius 2 is 2.00 bits per heavy atom. The van der Waals surface area contributed by atoms with Crippen molar-refractivity contribution in [1.29, 1.82) is 0 Å². The first-order valence-electron chi connectivity index (χ1n) is 9.67. The van der Waals surface area contributed by atoms with Crippen molar-refractivity contribution in [3.8, 4) is 11.4 Å². The molecular weight excluding hydrogens is 354 g/mol. The van der Waals surface area contributed by atoms with Crippen LogP contribution in [0, 0.1) is 20.8 Å². The molecule has 7 heteroatoms. The molecule has 3 heterocycles. The number of rotatable bonds is 6. The normalized spacial score (nSPS) is 16.6. The SMILES string of the molecule is Cc1ccc(-c2nnn(CC(=O)c3cc(C)n(C[C@H]4CCCO4)c3C)n2)cc1. The number of ether oxygens (including phenoxy) is 1. The van der Waals surface area contributed by atoms with E-state index in [2.05, 4.69) is 20.0 Å². The lowest BCUT2D eigenvalue weighted by Crippen LogP contribution is -2.18. The Morgan fingerprint density at radius 3 is 2.71 bits per heavy atom. The number of ketones is 1. The summed E-state index contributed by atoms with van der Waals surface area (Å²) in [5, 5.41) is 12.5. The molecule has 4 rings (SSSR count). The summed E-state index contributed by atoms with van der Waals surface area (Å²) in [5.41, 5.74) is 4.81. The molecule has 0 amide bonds. The Kier molecular flexibility index (Phi) is 5.09. The van der Waals surface area contributed by atoms with Gasteiger partial charge >= 0.3 is 0 Å². The van der Waals surface area contributed by atoms with Crippen LogP contribution in [0.1, 0.15) is 40.2 Å². The quantitative estimate of drug-likeness (QED) is 0.615. The van der Waals surface area contributed by atoms with Gasteiger partial charge in [0.05, 0.1) is 6.10 Å². The van der Waals surface area contributed by atoms with Gasteiger partial charge in [-0.1, -0.05) is 29.8 Å². The second-order valence-corrected chi connectivity index (χ2v) is 7.46. The summed E-state index contributed by atoms with van der Waals surface area (Å²) in [4.78, 5) is 14.2. The number of carbonyl (C=O) groups is 1. The van der Waals surface area contributed by atoms with Gasteiger partial charge in [-0.25, -0.2) is 0 Å². The van der Waals surface area contributed by atoms with Crippen LogP contribution in [-0.4, -0.2) is 43.3 Å². The van der Waals surface area contributed by atoms with Gasteiger partial charge in [-0.3, -0.25) is 4.79 Å². The largest absolute Gasteiger partial charge is 0.376 e. The molecule has 1 atom stereocenters. The Labute approximate surface area is 164 Å². The number of nitrogens with zero attached hydrogens (tertiary/aromatic N) is 5. The van der Waals surface area contributed by atoms with Crippen molar-refractivity contribution >= 4 is 5.78 Å². The standard InChI is InChI=1S/C21H25N5O2/c1-14-6-8-17(9-7-14)21-22-24-26(23-21)13-20(27)19-11-15(2)25(16(19)3)12-18-5-4-10-28-18/h6-9,11,18H,4-5,10,12-13H2,1-3H3/t18-/m1/s1. The lowest BCUT2D eigenvalue weighted by atomic mass is 10.1. The van der Waals surface area contributed by atoms with Crippen LogP contribution in [-0.2, 0) is 17.8 Å². The Balaban J connectivity index is 1.49. The molecule has 0 N–H and O–H groups in total. The van der Waals surface area contributed by atoms with Gasteiger partial charge in [0, 0.05) is 35.7 Å². The fourth-order valence-electron chi connectivity index (χ4n) is 3.70. The number of aromatic nitrogens is 5. The molecule has 0 spiro atoms. The zero-order chi connectivity index (χ0) is 19.7. The minimum atomic E-state index is -0.0143. The van der Waals surface area contributed by atoms with Crippen LogP contribution in [0.15, 0.2) is 30.3 Å². The molecule has 0 unspecified atom stereocenters. The molecule has 0 saturated carbocycles. The van der Waals surface area contributed by atoms with Gasteiger partial charge in [-0.2, -0.15) is 4.80 Å². The summed E-state index contributed by atoms with van der Waals surface area (Å²) in [6, 6.07) is 9.87. The van der Waals surface area contributed by atoms with E-state index < -0.39 is 0 Å². The first kappa shape index (κ1) is 18.6. The fraction of sp³-hybridized carbons (Fsp3) is 0.429. The van der Waals surface area contributed by atoms with E-state index >= 15 is 0 Å². The molecule has 0 bridgehead atoms. The number of carbonyl (C=O) groups excluding carboxylic acids is 1.